The summed E-state index contributed by atoms with van der Waals surface area (Å²) in [6.45, 7) is 0.520. The highest BCUT2D eigenvalue weighted by Crippen LogP contribution is 2.24. The molecule has 0 aliphatic heterocycles. The highest BCUT2D eigenvalue weighted by Gasteiger charge is 2.07. The molecule has 6 heteroatoms. The predicted octanol–water partition coefficient (Wildman–Crippen LogP) is 3.22. The number of hydrogen-bond donors (Lipinski definition) is 1. The zero-order chi connectivity index (χ0) is 16.8. The van der Waals surface area contributed by atoms with Crippen LogP contribution in [0.4, 0.5) is 4.39 Å². The molecular formula is C18H16FN3OS. The Morgan fingerprint density at radius 2 is 1.92 bits per heavy atom. The third-order valence-electron chi connectivity index (χ3n) is 3.53. The van der Waals surface area contributed by atoms with E-state index in [2.05, 4.69) is 15.5 Å². The predicted molar refractivity (Wildman–Crippen MR) is 93.4 cm³/mol. The van der Waals surface area contributed by atoms with E-state index in [0.29, 0.717) is 13.0 Å². The number of carbonyl (C=O) groups excluding carboxylic acids is 1. The van der Waals surface area contributed by atoms with E-state index in [1.165, 1.54) is 23.9 Å². The van der Waals surface area contributed by atoms with E-state index in [1.807, 2.05) is 24.3 Å². The van der Waals surface area contributed by atoms with Gasteiger partial charge in [-0.3, -0.25) is 4.79 Å². The van der Waals surface area contributed by atoms with Gasteiger partial charge in [0.1, 0.15) is 10.8 Å². The Morgan fingerprint density at radius 1 is 1.12 bits per heavy atom. The number of rotatable bonds is 6. The van der Waals surface area contributed by atoms with Crippen LogP contribution in [0.25, 0.3) is 10.8 Å². The Hall–Kier alpha value is -2.47. The van der Waals surface area contributed by atoms with E-state index in [0.717, 1.165) is 21.4 Å². The van der Waals surface area contributed by atoms with Gasteiger partial charge >= 0.3 is 0 Å². The summed E-state index contributed by atoms with van der Waals surface area (Å²) >= 11 is 1.37. The molecule has 0 radical (unpaired) electrons. The van der Waals surface area contributed by atoms with Crippen molar-refractivity contribution < 1.29 is 9.18 Å². The summed E-state index contributed by atoms with van der Waals surface area (Å²) in [5.41, 5.74) is 0.990. The monoisotopic (exact) mass is 341 g/mol. The summed E-state index contributed by atoms with van der Waals surface area (Å²) in [5.74, 6) is -0.0289. The molecule has 0 spiro atoms. The van der Waals surface area contributed by atoms with Crippen LogP contribution < -0.4 is 5.32 Å². The number of aromatic nitrogens is 2. The molecular weight excluding hydrogens is 325 g/mol. The van der Waals surface area contributed by atoms with E-state index in [4.69, 9.17) is 0 Å². The van der Waals surface area contributed by atoms with Gasteiger partial charge in [0.25, 0.3) is 0 Å². The molecule has 0 saturated heterocycles. The van der Waals surface area contributed by atoms with Gasteiger partial charge in [-0.25, -0.2) is 4.39 Å². The van der Waals surface area contributed by atoms with Crippen LogP contribution in [0.3, 0.4) is 0 Å². The molecule has 1 heterocycles. The van der Waals surface area contributed by atoms with Crippen LogP contribution in [0.15, 0.2) is 59.8 Å². The average molecular weight is 341 g/mol. The van der Waals surface area contributed by atoms with E-state index in [-0.39, 0.29) is 17.5 Å². The van der Waals surface area contributed by atoms with Crippen LogP contribution in [0.5, 0.6) is 0 Å². The van der Waals surface area contributed by atoms with Crippen molar-refractivity contribution in [1.29, 1.82) is 0 Å². The summed E-state index contributed by atoms with van der Waals surface area (Å²) in [6, 6.07) is 14.1. The van der Waals surface area contributed by atoms with Gasteiger partial charge in [0.2, 0.25) is 5.91 Å². The number of nitrogens with one attached hydrogen (secondary N) is 1. The number of benzene rings is 2. The van der Waals surface area contributed by atoms with Crippen LogP contribution in [-0.4, -0.2) is 28.4 Å². The lowest BCUT2D eigenvalue weighted by molar-refractivity contribution is -0.118. The van der Waals surface area contributed by atoms with Crippen molar-refractivity contribution in [2.75, 3.05) is 12.3 Å². The van der Waals surface area contributed by atoms with Gasteiger partial charge in [-0.1, -0.05) is 48.2 Å². The molecule has 4 nitrogen and oxygen atoms in total. The van der Waals surface area contributed by atoms with Crippen molar-refractivity contribution in [2.45, 2.75) is 11.4 Å². The van der Waals surface area contributed by atoms with Crippen LogP contribution in [0, 0.1) is 5.82 Å². The second kappa shape index (κ2) is 7.88. The van der Waals surface area contributed by atoms with Gasteiger partial charge in [-0.2, -0.15) is 5.10 Å². The molecule has 2 aromatic carbocycles. The standard InChI is InChI=1S/C18H16FN3OS/c19-15-7-5-13(6-8-15)9-10-20-17(23)12-24-18-16-4-2-1-3-14(16)11-21-22-18/h1-8,11H,9-10,12H2,(H,20,23). The van der Waals surface area contributed by atoms with Crippen LogP contribution >= 0.6 is 11.8 Å². The Labute approximate surface area is 143 Å². The first-order valence-corrected chi connectivity index (χ1v) is 8.55. The molecule has 3 rings (SSSR count). The highest BCUT2D eigenvalue weighted by atomic mass is 32.2. The molecule has 1 amide bonds. The van der Waals surface area contributed by atoms with Crippen LogP contribution in [-0.2, 0) is 11.2 Å². The van der Waals surface area contributed by atoms with Crippen molar-refractivity contribution in [3.8, 4) is 0 Å². The maximum atomic E-state index is 12.8. The van der Waals surface area contributed by atoms with Gasteiger partial charge in [-0.05, 0) is 24.1 Å². The summed E-state index contributed by atoms with van der Waals surface area (Å²) in [4.78, 5) is 12.0. The number of hydrogen-bond acceptors (Lipinski definition) is 4. The van der Waals surface area contributed by atoms with Crippen LogP contribution in [0.2, 0.25) is 0 Å². The summed E-state index contributed by atoms with van der Waals surface area (Å²) in [5, 5.41) is 13.7. The quantitative estimate of drug-likeness (QED) is 0.700. The Kier molecular flexibility index (Phi) is 5.38. The molecule has 3 aromatic rings. The number of amides is 1. The molecule has 1 aromatic heterocycles. The SMILES string of the molecule is O=C(CSc1nncc2ccccc12)NCCc1ccc(F)cc1. The molecule has 0 unspecified atom stereocenters. The normalized spacial score (nSPS) is 10.7. The summed E-state index contributed by atoms with van der Waals surface area (Å²) in [7, 11) is 0. The molecule has 0 aliphatic carbocycles. The fourth-order valence-electron chi connectivity index (χ4n) is 2.29. The minimum atomic E-state index is -0.254. The zero-order valence-corrected chi connectivity index (χ0v) is 13.7. The van der Waals surface area contributed by atoms with E-state index in [1.54, 1.807) is 18.3 Å². The minimum Gasteiger partial charge on any atom is -0.355 e. The van der Waals surface area contributed by atoms with Crippen molar-refractivity contribution in [3.05, 3.63) is 66.1 Å². The smallest absolute Gasteiger partial charge is 0.230 e. The first-order valence-electron chi connectivity index (χ1n) is 7.57. The average Bonchev–Trinajstić information content (AvgIpc) is 2.61. The second-order valence-corrected chi connectivity index (χ2v) is 6.22. The number of carbonyl (C=O) groups is 1. The molecule has 24 heavy (non-hydrogen) atoms. The van der Waals surface area contributed by atoms with Gasteiger partial charge in [-0.15, -0.1) is 5.10 Å². The fraction of sp³-hybridized carbons (Fsp3) is 0.167. The maximum absolute atomic E-state index is 12.8. The van der Waals surface area contributed by atoms with Gasteiger partial charge in [0.15, 0.2) is 0 Å². The van der Waals surface area contributed by atoms with E-state index >= 15 is 0 Å². The summed E-state index contributed by atoms with van der Waals surface area (Å²) in [6.07, 6.45) is 2.38. The minimum absolute atomic E-state index is 0.0585. The topological polar surface area (TPSA) is 54.9 Å². The lowest BCUT2D eigenvalue weighted by atomic mass is 10.1. The van der Waals surface area contributed by atoms with Crippen molar-refractivity contribution in [3.63, 3.8) is 0 Å². The van der Waals surface area contributed by atoms with Gasteiger partial charge in [0, 0.05) is 17.3 Å². The lowest BCUT2D eigenvalue weighted by Crippen LogP contribution is -2.27. The fourth-order valence-corrected chi connectivity index (χ4v) is 3.11. The first-order chi connectivity index (χ1) is 11.7. The number of nitrogens with zero attached hydrogens (tertiary/aromatic N) is 2. The number of thioether (sulfide) groups is 1. The Balaban J connectivity index is 1.49. The Morgan fingerprint density at radius 3 is 2.75 bits per heavy atom. The third-order valence-corrected chi connectivity index (χ3v) is 4.51. The third kappa shape index (κ3) is 4.29. The highest BCUT2D eigenvalue weighted by molar-refractivity contribution is 8.00. The molecule has 0 fully saturated rings. The van der Waals surface area contributed by atoms with E-state index in [9.17, 15) is 9.18 Å². The van der Waals surface area contributed by atoms with Crippen LogP contribution in [0.1, 0.15) is 5.56 Å². The van der Waals surface area contributed by atoms with Crippen molar-refractivity contribution >= 4 is 28.4 Å². The second-order valence-electron chi connectivity index (χ2n) is 5.25. The van der Waals surface area contributed by atoms with Crippen molar-refractivity contribution in [1.82, 2.24) is 15.5 Å². The molecule has 0 atom stereocenters. The largest absolute Gasteiger partial charge is 0.355 e. The maximum Gasteiger partial charge on any atom is 0.230 e. The van der Waals surface area contributed by atoms with Gasteiger partial charge < -0.3 is 5.32 Å². The first kappa shape index (κ1) is 16.4. The molecule has 0 bridgehead atoms. The van der Waals surface area contributed by atoms with E-state index < -0.39 is 0 Å². The summed E-state index contributed by atoms with van der Waals surface area (Å²) < 4.78 is 12.8. The Bertz CT molecular complexity index is 834. The zero-order valence-electron chi connectivity index (χ0n) is 12.9. The van der Waals surface area contributed by atoms with Crippen molar-refractivity contribution in [2.24, 2.45) is 0 Å². The lowest BCUT2D eigenvalue weighted by Gasteiger charge is -2.06. The molecule has 0 saturated carbocycles. The number of halogens is 1. The van der Waals surface area contributed by atoms with Gasteiger partial charge in [0.05, 0.1) is 11.9 Å². The molecule has 0 aliphatic rings. The number of fused-ring (bicyclic) bond motifs is 1. The molecule has 1 N–H and O–H groups in total. The molecule has 122 valence electrons.